The summed E-state index contributed by atoms with van der Waals surface area (Å²) in [5.41, 5.74) is 1.40. The van der Waals surface area contributed by atoms with Gasteiger partial charge in [0.2, 0.25) is 0 Å². The first-order chi connectivity index (χ1) is 9.31. The highest BCUT2D eigenvalue weighted by Gasteiger charge is 2.37. The molecule has 0 amide bonds. The summed E-state index contributed by atoms with van der Waals surface area (Å²) in [4.78, 5) is 11.0. The normalized spacial score (nSPS) is 21.1. The van der Waals surface area contributed by atoms with E-state index < -0.39 is 0 Å². The zero-order valence-corrected chi connectivity index (χ0v) is 11.3. The van der Waals surface area contributed by atoms with Crippen LogP contribution in [-0.4, -0.2) is 38.4 Å². The number of esters is 1. The van der Waals surface area contributed by atoms with Gasteiger partial charge in [0.15, 0.2) is 0 Å². The third-order valence-electron chi connectivity index (χ3n) is 3.20. The molecule has 0 radical (unpaired) electrons. The monoisotopic (exact) mass is 263 g/mol. The van der Waals surface area contributed by atoms with E-state index in [9.17, 15) is 4.79 Å². The molecule has 4 heteroatoms. The molecule has 1 N–H and O–H groups in total. The van der Waals surface area contributed by atoms with Crippen LogP contribution in [0.3, 0.4) is 0 Å². The molecule has 1 saturated carbocycles. The maximum absolute atomic E-state index is 11.0. The largest absolute Gasteiger partial charge is 0.464 e. The van der Waals surface area contributed by atoms with Gasteiger partial charge in [0, 0.05) is 18.5 Å². The van der Waals surface area contributed by atoms with E-state index in [4.69, 9.17) is 9.47 Å². The van der Waals surface area contributed by atoms with Crippen molar-refractivity contribution in [2.75, 3.05) is 26.4 Å². The van der Waals surface area contributed by atoms with Crippen LogP contribution in [0.4, 0.5) is 0 Å². The van der Waals surface area contributed by atoms with Gasteiger partial charge in [-0.15, -0.1) is 0 Å². The minimum atomic E-state index is -0.295. The molecule has 0 bridgehead atoms. The summed E-state index contributed by atoms with van der Waals surface area (Å²) in [5.74, 6) is 0.336. The standard InChI is InChI=1S/C15H21NO3/c1-2-19-15(17)11-18-9-8-16-14-10-13(14)12-6-4-3-5-7-12/h3-7,13-14,16H,2,8-11H2,1H3. The van der Waals surface area contributed by atoms with Crippen LogP contribution < -0.4 is 5.32 Å². The fourth-order valence-electron chi connectivity index (χ4n) is 2.16. The molecule has 2 rings (SSSR count). The molecular formula is C15H21NO3. The van der Waals surface area contributed by atoms with Gasteiger partial charge in [0.25, 0.3) is 0 Å². The quantitative estimate of drug-likeness (QED) is 0.573. The van der Waals surface area contributed by atoms with Crippen LogP contribution in [0.25, 0.3) is 0 Å². The predicted octanol–water partition coefficient (Wildman–Crippen LogP) is 1.71. The molecule has 1 fully saturated rings. The van der Waals surface area contributed by atoms with Gasteiger partial charge in [-0.25, -0.2) is 4.79 Å². The van der Waals surface area contributed by atoms with E-state index in [1.165, 1.54) is 12.0 Å². The van der Waals surface area contributed by atoms with E-state index in [0.717, 1.165) is 6.54 Å². The Balaban J connectivity index is 1.53. The Morgan fingerprint density at radius 2 is 2.16 bits per heavy atom. The highest BCUT2D eigenvalue weighted by molar-refractivity contribution is 5.70. The first-order valence-corrected chi connectivity index (χ1v) is 6.83. The molecule has 1 aromatic carbocycles. The maximum atomic E-state index is 11.0. The van der Waals surface area contributed by atoms with E-state index in [0.29, 0.717) is 25.2 Å². The van der Waals surface area contributed by atoms with E-state index in [1.807, 2.05) is 6.07 Å². The van der Waals surface area contributed by atoms with Crippen LogP contribution in [0.2, 0.25) is 0 Å². The van der Waals surface area contributed by atoms with Gasteiger partial charge in [0.1, 0.15) is 6.61 Å². The lowest BCUT2D eigenvalue weighted by Crippen LogP contribution is -2.24. The summed E-state index contributed by atoms with van der Waals surface area (Å²) in [7, 11) is 0. The summed E-state index contributed by atoms with van der Waals surface area (Å²) < 4.78 is 10.0. The lowest BCUT2D eigenvalue weighted by molar-refractivity contribution is -0.148. The van der Waals surface area contributed by atoms with Gasteiger partial charge in [0.05, 0.1) is 13.2 Å². The third-order valence-corrected chi connectivity index (χ3v) is 3.20. The van der Waals surface area contributed by atoms with Crippen molar-refractivity contribution in [2.45, 2.75) is 25.3 Å². The van der Waals surface area contributed by atoms with Crippen molar-refractivity contribution in [3.8, 4) is 0 Å². The van der Waals surface area contributed by atoms with Crippen molar-refractivity contribution < 1.29 is 14.3 Å². The van der Waals surface area contributed by atoms with Crippen LogP contribution in [0.15, 0.2) is 30.3 Å². The zero-order valence-electron chi connectivity index (χ0n) is 11.3. The lowest BCUT2D eigenvalue weighted by Gasteiger charge is -2.06. The van der Waals surface area contributed by atoms with Gasteiger partial charge in [-0.2, -0.15) is 0 Å². The molecule has 19 heavy (non-hydrogen) atoms. The van der Waals surface area contributed by atoms with Crippen molar-refractivity contribution >= 4 is 5.97 Å². The molecule has 1 aliphatic carbocycles. The number of nitrogens with one attached hydrogen (secondary N) is 1. The van der Waals surface area contributed by atoms with Crippen molar-refractivity contribution in [1.29, 1.82) is 0 Å². The fraction of sp³-hybridized carbons (Fsp3) is 0.533. The summed E-state index contributed by atoms with van der Waals surface area (Å²) in [6.45, 7) is 3.55. The van der Waals surface area contributed by atoms with Crippen LogP contribution in [0, 0.1) is 0 Å². The Kier molecular flexibility index (Phi) is 5.36. The Morgan fingerprint density at radius 1 is 1.37 bits per heavy atom. The molecule has 0 saturated heterocycles. The molecule has 2 atom stereocenters. The number of ether oxygens (including phenoxy) is 2. The number of hydrogen-bond acceptors (Lipinski definition) is 4. The van der Waals surface area contributed by atoms with Gasteiger partial charge in [-0.05, 0) is 18.9 Å². The Labute approximate surface area is 114 Å². The average Bonchev–Trinajstić information content (AvgIpc) is 3.19. The highest BCUT2D eigenvalue weighted by atomic mass is 16.6. The maximum Gasteiger partial charge on any atom is 0.332 e. The second-order valence-electron chi connectivity index (χ2n) is 4.67. The molecule has 0 spiro atoms. The van der Waals surface area contributed by atoms with Crippen molar-refractivity contribution in [3.05, 3.63) is 35.9 Å². The molecule has 4 nitrogen and oxygen atoms in total. The summed E-state index contributed by atoms with van der Waals surface area (Å²) in [6, 6.07) is 11.1. The summed E-state index contributed by atoms with van der Waals surface area (Å²) in [5, 5.41) is 3.43. The number of carbonyl (C=O) groups excluding carboxylic acids is 1. The minimum Gasteiger partial charge on any atom is -0.464 e. The Morgan fingerprint density at radius 3 is 2.89 bits per heavy atom. The van der Waals surface area contributed by atoms with E-state index in [1.54, 1.807) is 6.92 Å². The summed E-state index contributed by atoms with van der Waals surface area (Å²) >= 11 is 0. The van der Waals surface area contributed by atoms with E-state index in [-0.39, 0.29) is 12.6 Å². The first-order valence-electron chi connectivity index (χ1n) is 6.83. The second kappa shape index (κ2) is 7.26. The van der Waals surface area contributed by atoms with Crippen molar-refractivity contribution in [1.82, 2.24) is 5.32 Å². The molecule has 2 unspecified atom stereocenters. The molecule has 0 heterocycles. The number of carbonyl (C=O) groups is 1. The Hall–Kier alpha value is -1.39. The van der Waals surface area contributed by atoms with Crippen LogP contribution in [0.1, 0.15) is 24.8 Å². The number of benzene rings is 1. The third kappa shape index (κ3) is 4.65. The molecule has 1 aromatic rings. The SMILES string of the molecule is CCOC(=O)COCCNC1CC1c1ccccc1. The topological polar surface area (TPSA) is 47.6 Å². The van der Waals surface area contributed by atoms with Crippen LogP contribution in [-0.2, 0) is 14.3 Å². The van der Waals surface area contributed by atoms with Gasteiger partial charge < -0.3 is 14.8 Å². The average molecular weight is 263 g/mol. The first kappa shape index (κ1) is 14.0. The van der Waals surface area contributed by atoms with Crippen molar-refractivity contribution in [3.63, 3.8) is 0 Å². The molecule has 0 aliphatic heterocycles. The van der Waals surface area contributed by atoms with Gasteiger partial charge >= 0.3 is 5.97 Å². The van der Waals surface area contributed by atoms with E-state index in [2.05, 4.69) is 29.6 Å². The summed E-state index contributed by atoms with van der Waals surface area (Å²) in [6.07, 6.45) is 1.18. The van der Waals surface area contributed by atoms with Crippen molar-refractivity contribution in [2.24, 2.45) is 0 Å². The predicted molar refractivity (Wildman–Crippen MR) is 73.0 cm³/mol. The second-order valence-corrected chi connectivity index (χ2v) is 4.67. The Bertz CT molecular complexity index is 394. The smallest absolute Gasteiger partial charge is 0.332 e. The minimum absolute atomic E-state index is 0.0439. The van der Waals surface area contributed by atoms with E-state index >= 15 is 0 Å². The lowest BCUT2D eigenvalue weighted by atomic mass is 10.1. The van der Waals surface area contributed by atoms with Gasteiger partial charge in [-0.1, -0.05) is 30.3 Å². The number of rotatable bonds is 8. The highest BCUT2D eigenvalue weighted by Crippen LogP contribution is 2.40. The van der Waals surface area contributed by atoms with Crippen LogP contribution in [0.5, 0.6) is 0 Å². The fourth-order valence-corrected chi connectivity index (χ4v) is 2.16. The molecular weight excluding hydrogens is 242 g/mol. The van der Waals surface area contributed by atoms with Crippen LogP contribution >= 0.6 is 0 Å². The molecule has 0 aromatic heterocycles. The number of hydrogen-bond donors (Lipinski definition) is 1. The van der Waals surface area contributed by atoms with Gasteiger partial charge in [-0.3, -0.25) is 0 Å². The molecule has 104 valence electrons. The zero-order chi connectivity index (χ0) is 13.5. The molecule has 1 aliphatic rings.